The Kier molecular flexibility index (Phi) is 15.6. The molecule has 0 bridgehead atoms. The van der Waals surface area contributed by atoms with Gasteiger partial charge in [0.15, 0.2) is 0 Å². The Labute approximate surface area is 195 Å². The number of aromatic amines is 1. The highest BCUT2D eigenvalue weighted by Gasteiger charge is 2.17. The molecule has 0 spiro atoms. The first-order chi connectivity index (χ1) is 14.4. The lowest BCUT2D eigenvalue weighted by molar-refractivity contribution is 0.185. The maximum Gasteiger partial charge on any atom is 0.344 e. The summed E-state index contributed by atoms with van der Waals surface area (Å²) >= 11 is 13.8. The minimum atomic E-state index is -0.889. The number of piperidine rings is 1. The topological polar surface area (TPSA) is 119 Å². The second-order valence-corrected chi connectivity index (χ2v) is 6.68. The van der Waals surface area contributed by atoms with E-state index in [1.807, 2.05) is 11.0 Å². The zero-order valence-corrected chi connectivity index (χ0v) is 18.0. The summed E-state index contributed by atoms with van der Waals surface area (Å²) in [6, 6.07) is 5.23. The van der Waals surface area contributed by atoms with Gasteiger partial charge in [0.1, 0.15) is 0 Å². The number of nitrogens with zero attached hydrogens (tertiary/aromatic N) is 6. The highest BCUT2D eigenvalue weighted by Crippen LogP contribution is 2.09. The van der Waals surface area contributed by atoms with Crippen molar-refractivity contribution in [2.45, 2.75) is 26.7 Å². The summed E-state index contributed by atoms with van der Waals surface area (Å²) in [6.45, 7) is 1.75. The standard InChI is InChI=1S/C9H13N3O.C4H3ClN2O.C3H4N2.CCl2O.CH4/c13-9(12-8-4-5-10-12)11-6-2-1-3-7-11;5-4(8)7-3-1-2-6-7;1-2-4-5-3-1;2-1(3)4;/h4-5,8H,1-3,6-7H2;1-3H;1-3H,(H,4,5);;1H4. The number of nitrogens with one attached hydrogen (secondary N) is 1. The lowest BCUT2D eigenvalue weighted by Crippen LogP contribution is -2.38. The molecule has 0 radical (unpaired) electrons. The third-order valence-electron chi connectivity index (χ3n) is 3.42. The number of hydrogen-bond acceptors (Lipinski definition) is 6. The van der Waals surface area contributed by atoms with E-state index in [-0.39, 0.29) is 13.5 Å². The SMILES string of the molecule is C.O=C(Cl)Cl.O=C(Cl)n1cccn1.O=C(N1CCCCC1)n1cccn1.c1cn[nH]c1. The van der Waals surface area contributed by atoms with Crippen LogP contribution in [0.1, 0.15) is 26.7 Å². The first kappa shape index (κ1) is 28.3. The molecule has 13 heteroatoms. The summed E-state index contributed by atoms with van der Waals surface area (Å²) < 4.78 is 1.55. The van der Waals surface area contributed by atoms with Crippen LogP contribution in [0.3, 0.4) is 0 Å². The largest absolute Gasteiger partial charge is 0.344 e. The van der Waals surface area contributed by atoms with Crippen LogP contribution in [0.2, 0.25) is 0 Å². The lowest BCUT2D eigenvalue weighted by atomic mass is 10.1. The predicted octanol–water partition coefficient (Wildman–Crippen LogP) is 5.06. The van der Waals surface area contributed by atoms with Crippen LogP contribution in [-0.2, 0) is 0 Å². The number of H-pyrrole nitrogens is 1. The molecule has 1 aliphatic rings. The number of hydrogen-bond donors (Lipinski definition) is 1. The summed E-state index contributed by atoms with van der Waals surface area (Å²) in [5.74, 6) is 0. The minimum Gasteiger partial charge on any atom is -0.323 e. The van der Waals surface area contributed by atoms with Crippen molar-refractivity contribution in [1.29, 1.82) is 0 Å². The molecule has 0 aliphatic carbocycles. The van der Waals surface area contributed by atoms with Crippen molar-refractivity contribution >= 4 is 50.9 Å². The third kappa shape index (κ3) is 13.3. The molecule has 1 N–H and O–H groups in total. The number of aromatic nitrogens is 6. The van der Waals surface area contributed by atoms with Crippen LogP contribution < -0.4 is 0 Å². The van der Waals surface area contributed by atoms with Crippen molar-refractivity contribution in [3.8, 4) is 0 Å². The molecule has 10 nitrogen and oxygen atoms in total. The molecule has 0 aromatic carbocycles. The Morgan fingerprint density at radius 1 is 0.806 bits per heavy atom. The average molecular weight is 493 g/mol. The van der Waals surface area contributed by atoms with Crippen LogP contribution in [-0.4, -0.2) is 63.8 Å². The maximum absolute atomic E-state index is 11.7. The van der Waals surface area contributed by atoms with E-state index in [0.717, 1.165) is 30.6 Å². The second-order valence-electron chi connectivity index (χ2n) is 5.48. The van der Waals surface area contributed by atoms with Crippen LogP contribution >= 0.6 is 34.8 Å². The zero-order valence-electron chi connectivity index (χ0n) is 15.8. The Bertz CT molecular complexity index is 814. The Hall–Kier alpha value is -2.69. The number of rotatable bonds is 0. The van der Waals surface area contributed by atoms with Gasteiger partial charge in [0, 0.05) is 50.3 Å². The molecule has 1 saturated heterocycles. The molecule has 3 aromatic rings. The quantitative estimate of drug-likeness (QED) is 0.438. The van der Waals surface area contributed by atoms with Crippen LogP contribution in [0.25, 0.3) is 0 Å². The maximum atomic E-state index is 11.7. The van der Waals surface area contributed by atoms with E-state index in [2.05, 4.69) is 43.6 Å². The molecule has 1 aliphatic heterocycles. The van der Waals surface area contributed by atoms with Gasteiger partial charge >= 0.3 is 16.1 Å². The van der Waals surface area contributed by atoms with Crippen molar-refractivity contribution in [2.24, 2.45) is 0 Å². The number of halogens is 3. The molecule has 0 unspecified atom stereocenters. The Balaban J connectivity index is 0.000000429. The van der Waals surface area contributed by atoms with Crippen LogP contribution in [0.15, 0.2) is 55.4 Å². The molecule has 3 aromatic heterocycles. The lowest BCUT2D eigenvalue weighted by Gasteiger charge is -2.25. The molecular weight excluding hydrogens is 469 g/mol. The van der Waals surface area contributed by atoms with Gasteiger partial charge in [0.2, 0.25) is 0 Å². The second kappa shape index (κ2) is 17.0. The van der Waals surface area contributed by atoms with E-state index in [4.69, 9.17) is 16.4 Å². The summed E-state index contributed by atoms with van der Waals surface area (Å²) in [5.41, 5.74) is 0. The van der Waals surface area contributed by atoms with Gasteiger partial charge in [-0.05, 0) is 72.3 Å². The number of likely N-dealkylation sites (tertiary alicyclic amines) is 1. The van der Waals surface area contributed by atoms with Crippen LogP contribution in [0.5, 0.6) is 0 Å². The van der Waals surface area contributed by atoms with Gasteiger partial charge in [0.05, 0.1) is 0 Å². The fraction of sp³-hybridized carbons (Fsp3) is 0.333. The smallest absolute Gasteiger partial charge is 0.323 e. The van der Waals surface area contributed by atoms with Gasteiger partial charge in [-0.2, -0.15) is 24.7 Å². The molecule has 0 atom stereocenters. The number of carbonyl (C=O) groups is 3. The first-order valence-electron chi connectivity index (χ1n) is 8.69. The normalized spacial score (nSPS) is 11.8. The molecule has 4 rings (SSSR count). The summed E-state index contributed by atoms with van der Waals surface area (Å²) in [5, 5.41) is 13.1. The zero-order chi connectivity index (χ0) is 22.2. The molecule has 170 valence electrons. The van der Waals surface area contributed by atoms with E-state index in [1.54, 1.807) is 36.9 Å². The van der Waals surface area contributed by atoms with Gasteiger partial charge in [-0.3, -0.25) is 14.7 Å². The van der Waals surface area contributed by atoms with Crippen molar-refractivity contribution < 1.29 is 14.4 Å². The molecular formula is C18H24Cl3N7O3. The van der Waals surface area contributed by atoms with Crippen molar-refractivity contribution in [2.75, 3.05) is 13.1 Å². The monoisotopic (exact) mass is 491 g/mol. The molecule has 31 heavy (non-hydrogen) atoms. The Morgan fingerprint density at radius 3 is 1.68 bits per heavy atom. The minimum absolute atomic E-state index is 0. The molecule has 1 fully saturated rings. The van der Waals surface area contributed by atoms with E-state index in [0.29, 0.717) is 0 Å². The summed E-state index contributed by atoms with van der Waals surface area (Å²) in [6.07, 6.45) is 13.2. The highest BCUT2D eigenvalue weighted by atomic mass is 35.5. The van der Waals surface area contributed by atoms with Gasteiger partial charge in [-0.25, -0.2) is 4.79 Å². The highest BCUT2D eigenvalue weighted by molar-refractivity contribution is 6.93. The molecule has 1 amide bonds. The summed E-state index contributed by atoms with van der Waals surface area (Å²) in [7, 11) is 0. The van der Waals surface area contributed by atoms with Gasteiger partial charge in [0.25, 0.3) is 0 Å². The average Bonchev–Trinajstić information content (AvgIpc) is 3.53. The fourth-order valence-electron chi connectivity index (χ4n) is 2.20. The number of carbonyl (C=O) groups excluding carboxylic acids is 3. The van der Waals surface area contributed by atoms with Crippen molar-refractivity contribution in [1.82, 2.24) is 34.7 Å². The van der Waals surface area contributed by atoms with E-state index < -0.39 is 10.1 Å². The van der Waals surface area contributed by atoms with Crippen LogP contribution in [0.4, 0.5) is 14.4 Å². The van der Waals surface area contributed by atoms with Gasteiger partial charge in [-0.15, -0.1) is 0 Å². The summed E-state index contributed by atoms with van der Waals surface area (Å²) in [4.78, 5) is 32.7. The van der Waals surface area contributed by atoms with E-state index in [1.165, 1.54) is 23.5 Å². The molecule has 0 saturated carbocycles. The van der Waals surface area contributed by atoms with Gasteiger partial charge < -0.3 is 4.90 Å². The van der Waals surface area contributed by atoms with Gasteiger partial charge in [-0.1, -0.05) is 7.43 Å². The number of amides is 1. The first-order valence-corrected chi connectivity index (χ1v) is 9.82. The van der Waals surface area contributed by atoms with Crippen LogP contribution in [0, 0.1) is 0 Å². The third-order valence-corrected chi connectivity index (χ3v) is 3.59. The fourth-order valence-corrected chi connectivity index (χ4v) is 2.30. The predicted molar refractivity (Wildman–Crippen MR) is 120 cm³/mol. The Morgan fingerprint density at radius 2 is 1.35 bits per heavy atom. The van der Waals surface area contributed by atoms with Crippen molar-refractivity contribution in [3.05, 3.63) is 55.4 Å². The van der Waals surface area contributed by atoms with Crippen molar-refractivity contribution in [3.63, 3.8) is 0 Å². The molecule has 4 heterocycles. The van der Waals surface area contributed by atoms with E-state index >= 15 is 0 Å². The van der Waals surface area contributed by atoms with E-state index in [9.17, 15) is 9.59 Å².